The molecule has 0 saturated heterocycles. The van der Waals surface area contributed by atoms with E-state index in [2.05, 4.69) is 11.7 Å². The predicted octanol–water partition coefficient (Wildman–Crippen LogP) is 1.70. The summed E-state index contributed by atoms with van der Waals surface area (Å²) in [5.74, 6) is -0.279. The molecular weight excluding hydrogens is 196 g/mol. The minimum Gasteiger partial charge on any atom is -0.467 e. The van der Waals surface area contributed by atoms with E-state index in [4.69, 9.17) is 5.11 Å². The van der Waals surface area contributed by atoms with Gasteiger partial charge in [0.2, 0.25) is 0 Å². The van der Waals surface area contributed by atoms with E-state index in [-0.39, 0.29) is 0 Å². The minimum absolute atomic E-state index is 0.318. The quantitative estimate of drug-likeness (QED) is 0.563. The largest absolute Gasteiger partial charge is 0.467 e. The van der Waals surface area contributed by atoms with Crippen molar-refractivity contribution in [2.45, 2.75) is 52.6 Å². The van der Waals surface area contributed by atoms with Gasteiger partial charge in [0.25, 0.3) is 0 Å². The normalized spacial score (nSPS) is 11.0. The first-order chi connectivity index (χ1) is 6.95. The SMILES string of the molecule is CCCCCC(C)=O.COC(=O)C(C)O. The molecule has 4 heteroatoms. The summed E-state index contributed by atoms with van der Waals surface area (Å²) >= 11 is 0. The average Bonchev–Trinajstić information content (AvgIpc) is 2.17. The van der Waals surface area contributed by atoms with Crippen molar-refractivity contribution in [3.63, 3.8) is 0 Å². The van der Waals surface area contributed by atoms with Crippen LogP contribution in [0.4, 0.5) is 0 Å². The van der Waals surface area contributed by atoms with Gasteiger partial charge in [0.1, 0.15) is 11.9 Å². The Morgan fingerprint density at radius 2 is 1.87 bits per heavy atom. The molecule has 0 heterocycles. The van der Waals surface area contributed by atoms with Gasteiger partial charge >= 0.3 is 5.97 Å². The van der Waals surface area contributed by atoms with Gasteiger partial charge in [-0.15, -0.1) is 0 Å². The molecule has 0 fully saturated rings. The molecule has 0 aliphatic rings. The number of rotatable bonds is 5. The monoisotopic (exact) mass is 218 g/mol. The smallest absolute Gasteiger partial charge is 0.334 e. The van der Waals surface area contributed by atoms with Gasteiger partial charge in [-0.2, -0.15) is 0 Å². The van der Waals surface area contributed by atoms with Crippen LogP contribution in [0.3, 0.4) is 0 Å². The molecule has 1 atom stereocenters. The third kappa shape index (κ3) is 15.8. The number of methoxy groups -OCH3 is 1. The van der Waals surface area contributed by atoms with Crippen LogP contribution in [0.1, 0.15) is 46.5 Å². The summed E-state index contributed by atoms with van der Waals surface area (Å²) in [6, 6.07) is 0. The number of Topliss-reactive ketones (excluding diaryl/α,β-unsaturated/α-hetero) is 1. The highest BCUT2D eigenvalue weighted by atomic mass is 16.5. The van der Waals surface area contributed by atoms with Crippen LogP contribution >= 0.6 is 0 Å². The van der Waals surface area contributed by atoms with Crippen LogP contribution in [0, 0.1) is 0 Å². The average molecular weight is 218 g/mol. The molecule has 0 spiro atoms. The van der Waals surface area contributed by atoms with Crippen LogP contribution in [-0.4, -0.2) is 30.1 Å². The lowest BCUT2D eigenvalue weighted by Gasteiger charge is -1.97. The fourth-order valence-corrected chi connectivity index (χ4v) is 0.795. The third-order valence-electron chi connectivity index (χ3n) is 1.67. The molecule has 0 aromatic heterocycles. The Morgan fingerprint density at radius 3 is 2.07 bits per heavy atom. The molecule has 4 nitrogen and oxygen atoms in total. The third-order valence-corrected chi connectivity index (χ3v) is 1.67. The highest BCUT2D eigenvalue weighted by molar-refractivity contribution is 5.75. The van der Waals surface area contributed by atoms with Crippen molar-refractivity contribution in [2.75, 3.05) is 7.11 Å². The zero-order valence-electron chi connectivity index (χ0n) is 10.1. The number of unbranched alkanes of at least 4 members (excludes halogenated alkanes) is 2. The van der Waals surface area contributed by atoms with Gasteiger partial charge < -0.3 is 14.6 Å². The number of hydrogen-bond acceptors (Lipinski definition) is 4. The number of aliphatic hydroxyl groups is 1. The Balaban J connectivity index is 0. The van der Waals surface area contributed by atoms with Crippen molar-refractivity contribution in [1.29, 1.82) is 0 Å². The Bertz CT molecular complexity index is 175. The molecule has 0 bridgehead atoms. The fraction of sp³-hybridized carbons (Fsp3) is 0.818. The molecule has 0 aromatic carbocycles. The van der Waals surface area contributed by atoms with Gasteiger partial charge in [0.05, 0.1) is 7.11 Å². The number of hydrogen-bond donors (Lipinski definition) is 1. The van der Waals surface area contributed by atoms with Gasteiger partial charge in [-0.3, -0.25) is 0 Å². The number of aliphatic hydroxyl groups excluding tert-OH is 1. The van der Waals surface area contributed by atoms with Gasteiger partial charge in [-0.25, -0.2) is 4.79 Å². The maximum atomic E-state index is 10.3. The Kier molecular flexibility index (Phi) is 12.3. The zero-order chi connectivity index (χ0) is 12.3. The van der Waals surface area contributed by atoms with Crippen molar-refractivity contribution in [3.8, 4) is 0 Å². The van der Waals surface area contributed by atoms with E-state index < -0.39 is 12.1 Å². The number of carbonyl (C=O) groups is 2. The molecule has 0 aliphatic heterocycles. The van der Waals surface area contributed by atoms with E-state index >= 15 is 0 Å². The summed E-state index contributed by atoms with van der Waals surface area (Å²) < 4.78 is 4.12. The molecule has 0 amide bonds. The topological polar surface area (TPSA) is 63.6 Å². The van der Waals surface area contributed by atoms with Crippen LogP contribution in [0.15, 0.2) is 0 Å². The summed E-state index contributed by atoms with van der Waals surface area (Å²) in [7, 11) is 1.23. The first kappa shape index (κ1) is 16.5. The molecular formula is C11H22O4. The van der Waals surface area contributed by atoms with E-state index in [1.54, 1.807) is 6.92 Å². The lowest BCUT2D eigenvalue weighted by atomic mass is 10.2. The van der Waals surface area contributed by atoms with Crippen LogP contribution in [0.5, 0.6) is 0 Å². The Hall–Kier alpha value is -0.900. The summed E-state index contributed by atoms with van der Waals surface area (Å²) in [5, 5.41) is 8.35. The standard InChI is InChI=1S/C7H14O.C4H8O3/c1-3-4-5-6-7(2)8;1-3(5)4(6)7-2/h3-6H2,1-2H3;3,5H,1-2H3. The van der Waals surface area contributed by atoms with E-state index in [1.165, 1.54) is 26.9 Å². The zero-order valence-corrected chi connectivity index (χ0v) is 10.1. The molecule has 0 saturated carbocycles. The lowest BCUT2D eigenvalue weighted by Crippen LogP contribution is -2.16. The molecule has 90 valence electrons. The van der Waals surface area contributed by atoms with Crippen LogP contribution in [0.2, 0.25) is 0 Å². The Morgan fingerprint density at radius 1 is 1.33 bits per heavy atom. The highest BCUT2D eigenvalue weighted by Gasteiger charge is 2.05. The second kappa shape index (κ2) is 11.2. The molecule has 0 rings (SSSR count). The van der Waals surface area contributed by atoms with Crippen molar-refractivity contribution < 1.29 is 19.4 Å². The predicted molar refractivity (Wildman–Crippen MR) is 58.5 cm³/mol. The van der Waals surface area contributed by atoms with Crippen molar-refractivity contribution in [3.05, 3.63) is 0 Å². The van der Waals surface area contributed by atoms with Gasteiger partial charge in [-0.1, -0.05) is 19.8 Å². The van der Waals surface area contributed by atoms with Crippen molar-refractivity contribution in [2.24, 2.45) is 0 Å². The van der Waals surface area contributed by atoms with Gasteiger partial charge in [0, 0.05) is 6.42 Å². The van der Waals surface area contributed by atoms with E-state index in [0.29, 0.717) is 5.78 Å². The molecule has 0 radical (unpaired) electrons. The van der Waals surface area contributed by atoms with Crippen molar-refractivity contribution in [1.82, 2.24) is 0 Å². The maximum Gasteiger partial charge on any atom is 0.334 e. The summed E-state index contributed by atoms with van der Waals surface area (Å²) in [6.45, 7) is 5.14. The summed E-state index contributed by atoms with van der Waals surface area (Å²) in [6.07, 6.45) is 3.25. The van der Waals surface area contributed by atoms with Crippen LogP contribution in [0.25, 0.3) is 0 Å². The molecule has 0 aromatic rings. The van der Waals surface area contributed by atoms with E-state index in [9.17, 15) is 9.59 Å². The number of ketones is 1. The van der Waals surface area contributed by atoms with Gasteiger partial charge in [0.15, 0.2) is 0 Å². The van der Waals surface area contributed by atoms with Crippen LogP contribution in [-0.2, 0) is 14.3 Å². The van der Waals surface area contributed by atoms with Crippen LogP contribution < -0.4 is 0 Å². The molecule has 1 N–H and O–H groups in total. The second-order valence-corrected chi connectivity index (χ2v) is 3.36. The van der Waals surface area contributed by atoms with Gasteiger partial charge in [-0.05, 0) is 20.3 Å². The molecule has 1 unspecified atom stereocenters. The summed E-state index contributed by atoms with van der Waals surface area (Å²) in [5.41, 5.74) is 0. The number of ether oxygens (including phenoxy) is 1. The summed E-state index contributed by atoms with van der Waals surface area (Å²) in [4.78, 5) is 20.4. The van der Waals surface area contributed by atoms with Crippen molar-refractivity contribution >= 4 is 11.8 Å². The minimum atomic E-state index is -0.995. The highest BCUT2D eigenvalue weighted by Crippen LogP contribution is 1.98. The lowest BCUT2D eigenvalue weighted by molar-refractivity contribution is -0.149. The maximum absolute atomic E-state index is 10.3. The van der Waals surface area contributed by atoms with E-state index in [1.807, 2.05) is 0 Å². The Labute approximate surface area is 91.6 Å². The molecule has 15 heavy (non-hydrogen) atoms. The van der Waals surface area contributed by atoms with E-state index in [0.717, 1.165) is 12.8 Å². The fourth-order valence-electron chi connectivity index (χ4n) is 0.795. The first-order valence-electron chi connectivity index (χ1n) is 5.21. The molecule has 0 aliphatic carbocycles. The number of carbonyl (C=O) groups excluding carboxylic acids is 2. The second-order valence-electron chi connectivity index (χ2n) is 3.36. The first-order valence-corrected chi connectivity index (χ1v) is 5.21. The number of esters is 1.